The Morgan fingerprint density at radius 3 is 2.62 bits per heavy atom. The zero-order valence-corrected chi connectivity index (χ0v) is 14.0. The molecule has 24 heavy (non-hydrogen) atoms. The second-order valence-corrected chi connectivity index (χ2v) is 6.70. The van der Waals surface area contributed by atoms with Crippen LogP contribution >= 0.6 is 11.3 Å². The number of hydrogen-bond acceptors (Lipinski definition) is 4. The lowest BCUT2D eigenvalue weighted by Gasteiger charge is -2.02. The lowest BCUT2D eigenvalue weighted by Crippen LogP contribution is -2.13. The first-order valence-corrected chi connectivity index (χ1v) is 8.44. The second-order valence-electron chi connectivity index (χ2n) is 5.41. The number of carbonyl (C=O) groups is 2. The van der Waals surface area contributed by atoms with Crippen molar-refractivity contribution in [2.75, 3.05) is 5.32 Å². The molecule has 3 aromatic rings. The van der Waals surface area contributed by atoms with Crippen molar-refractivity contribution in [3.8, 4) is 10.6 Å². The van der Waals surface area contributed by atoms with E-state index in [2.05, 4.69) is 15.5 Å². The van der Waals surface area contributed by atoms with E-state index in [9.17, 15) is 9.59 Å². The van der Waals surface area contributed by atoms with Gasteiger partial charge in [0.15, 0.2) is 11.6 Å². The summed E-state index contributed by atoms with van der Waals surface area (Å²) in [6.07, 6.45) is 0.311. The molecule has 3 rings (SSSR count). The van der Waals surface area contributed by atoms with Gasteiger partial charge in [-0.1, -0.05) is 30.3 Å². The van der Waals surface area contributed by atoms with E-state index < -0.39 is 0 Å². The molecule has 0 aliphatic carbocycles. The maximum Gasteiger partial charge on any atom is 0.226 e. The van der Waals surface area contributed by atoms with E-state index in [0.29, 0.717) is 11.4 Å². The summed E-state index contributed by atoms with van der Waals surface area (Å²) in [7, 11) is 0. The molecule has 0 bridgehead atoms. The summed E-state index contributed by atoms with van der Waals surface area (Å²) >= 11 is 1.66. The molecule has 2 aromatic heterocycles. The number of thiophene rings is 1. The Bertz CT molecular complexity index is 852. The van der Waals surface area contributed by atoms with Gasteiger partial charge in [0, 0.05) is 29.3 Å². The third kappa shape index (κ3) is 3.97. The fraction of sp³-hybridized carbons (Fsp3) is 0.167. The molecule has 2 N–H and O–H groups in total. The molecule has 122 valence electrons. The van der Waals surface area contributed by atoms with Crippen molar-refractivity contribution in [3.05, 3.63) is 59.0 Å². The van der Waals surface area contributed by atoms with Gasteiger partial charge in [-0.05, 0) is 19.1 Å². The molecule has 0 spiro atoms. The zero-order chi connectivity index (χ0) is 16.9. The number of hydrogen-bond donors (Lipinski definition) is 2. The average molecular weight is 339 g/mol. The maximum absolute atomic E-state index is 12.0. The third-order valence-corrected chi connectivity index (χ3v) is 4.56. The van der Waals surface area contributed by atoms with E-state index >= 15 is 0 Å². The van der Waals surface area contributed by atoms with E-state index in [1.807, 2.05) is 37.3 Å². The van der Waals surface area contributed by atoms with Crippen molar-refractivity contribution in [2.24, 2.45) is 0 Å². The minimum atomic E-state index is -0.223. The van der Waals surface area contributed by atoms with E-state index in [1.54, 1.807) is 29.5 Å². The smallest absolute Gasteiger partial charge is 0.226 e. The van der Waals surface area contributed by atoms with E-state index in [-0.39, 0.29) is 24.5 Å². The van der Waals surface area contributed by atoms with Crippen LogP contribution in [-0.2, 0) is 4.79 Å². The molecule has 2 heterocycles. The molecule has 0 atom stereocenters. The van der Waals surface area contributed by atoms with Crippen LogP contribution in [0.3, 0.4) is 0 Å². The number of benzene rings is 1. The van der Waals surface area contributed by atoms with Crippen molar-refractivity contribution in [1.29, 1.82) is 0 Å². The quantitative estimate of drug-likeness (QED) is 0.665. The van der Waals surface area contributed by atoms with Gasteiger partial charge in [-0.25, -0.2) is 0 Å². The number of anilines is 1. The Kier molecular flexibility index (Phi) is 4.86. The highest BCUT2D eigenvalue weighted by Crippen LogP contribution is 2.27. The fourth-order valence-corrected chi connectivity index (χ4v) is 3.13. The molecule has 0 unspecified atom stereocenters. The summed E-state index contributed by atoms with van der Waals surface area (Å²) in [5, 5.41) is 9.72. The Labute approximate surface area is 143 Å². The van der Waals surface area contributed by atoms with Crippen molar-refractivity contribution in [3.63, 3.8) is 0 Å². The maximum atomic E-state index is 12.0. The summed E-state index contributed by atoms with van der Waals surface area (Å²) in [4.78, 5) is 26.3. The third-order valence-electron chi connectivity index (χ3n) is 3.53. The van der Waals surface area contributed by atoms with Crippen molar-refractivity contribution in [1.82, 2.24) is 10.2 Å². The minimum Gasteiger partial charge on any atom is -0.309 e. The molecule has 0 fully saturated rings. The summed E-state index contributed by atoms with van der Waals surface area (Å²) in [5.41, 5.74) is 1.49. The monoisotopic (exact) mass is 339 g/mol. The van der Waals surface area contributed by atoms with Crippen molar-refractivity contribution in [2.45, 2.75) is 19.8 Å². The number of carbonyl (C=O) groups excluding carboxylic acids is 2. The molecule has 5 nitrogen and oxygen atoms in total. The molecule has 0 saturated heterocycles. The lowest BCUT2D eigenvalue weighted by molar-refractivity contribution is -0.116. The molecule has 0 aliphatic rings. The van der Waals surface area contributed by atoms with Gasteiger partial charge in [0.2, 0.25) is 5.91 Å². The highest BCUT2D eigenvalue weighted by molar-refractivity contribution is 7.15. The molecule has 6 heteroatoms. The summed E-state index contributed by atoms with van der Waals surface area (Å²) in [5.74, 6) is 0.204. The van der Waals surface area contributed by atoms with Gasteiger partial charge < -0.3 is 5.32 Å². The van der Waals surface area contributed by atoms with Crippen LogP contribution in [0, 0.1) is 6.92 Å². The summed E-state index contributed by atoms with van der Waals surface area (Å²) in [6, 6.07) is 14.8. The first-order chi connectivity index (χ1) is 11.6. The Morgan fingerprint density at radius 2 is 1.92 bits per heavy atom. The van der Waals surface area contributed by atoms with Crippen LogP contribution in [0.1, 0.15) is 28.1 Å². The number of amides is 1. The van der Waals surface area contributed by atoms with Gasteiger partial charge in [-0.2, -0.15) is 5.10 Å². The molecule has 0 saturated carbocycles. The largest absolute Gasteiger partial charge is 0.309 e. The Balaban J connectivity index is 1.54. The van der Waals surface area contributed by atoms with Gasteiger partial charge in [0.05, 0.1) is 10.6 Å². The molecule has 0 aliphatic heterocycles. The topological polar surface area (TPSA) is 74.8 Å². The standard InChI is InChI=1S/C18H17N3O2S/c1-12-7-9-16(24-12)14-11-17(21-20-14)19-18(23)10-8-15(22)13-5-3-2-4-6-13/h2-7,9,11H,8,10H2,1H3,(H2,19,20,21,23). The molecular formula is C18H17N3O2S. The first kappa shape index (κ1) is 16.1. The average Bonchev–Trinajstić information content (AvgIpc) is 3.22. The number of aromatic amines is 1. The lowest BCUT2D eigenvalue weighted by atomic mass is 10.1. The number of rotatable bonds is 6. The van der Waals surface area contributed by atoms with Crippen LogP contribution in [0.15, 0.2) is 48.5 Å². The Morgan fingerprint density at radius 1 is 1.12 bits per heavy atom. The first-order valence-electron chi connectivity index (χ1n) is 7.62. The van der Waals surface area contributed by atoms with E-state index in [1.165, 1.54) is 4.88 Å². The summed E-state index contributed by atoms with van der Waals surface area (Å²) < 4.78 is 0. The number of nitrogens with one attached hydrogen (secondary N) is 2. The Hall–Kier alpha value is -2.73. The number of H-pyrrole nitrogens is 1. The van der Waals surface area contributed by atoms with Gasteiger partial charge >= 0.3 is 0 Å². The predicted octanol–water partition coefficient (Wildman–Crippen LogP) is 4.05. The van der Waals surface area contributed by atoms with Crippen LogP contribution in [0.4, 0.5) is 5.82 Å². The normalized spacial score (nSPS) is 10.5. The molecular weight excluding hydrogens is 322 g/mol. The van der Waals surface area contributed by atoms with Crippen LogP contribution in [-0.4, -0.2) is 21.9 Å². The van der Waals surface area contributed by atoms with E-state index in [4.69, 9.17) is 0 Å². The highest BCUT2D eigenvalue weighted by Gasteiger charge is 2.11. The highest BCUT2D eigenvalue weighted by atomic mass is 32.1. The van der Waals surface area contributed by atoms with Crippen LogP contribution in [0.2, 0.25) is 0 Å². The van der Waals surface area contributed by atoms with Gasteiger partial charge in [0.1, 0.15) is 0 Å². The molecule has 0 radical (unpaired) electrons. The SMILES string of the molecule is Cc1ccc(-c2cc(NC(=O)CCC(=O)c3ccccc3)n[nH]2)s1. The number of aryl methyl sites for hydroxylation is 1. The van der Waals surface area contributed by atoms with Crippen molar-refractivity contribution < 1.29 is 9.59 Å². The van der Waals surface area contributed by atoms with Gasteiger partial charge in [-0.15, -0.1) is 11.3 Å². The second kappa shape index (κ2) is 7.23. The minimum absolute atomic E-state index is 0.0393. The number of ketones is 1. The fourth-order valence-electron chi connectivity index (χ4n) is 2.29. The predicted molar refractivity (Wildman–Crippen MR) is 95.3 cm³/mol. The van der Waals surface area contributed by atoms with E-state index in [0.717, 1.165) is 10.6 Å². The molecule has 1 amide bonds. The zero-order valence-electron chi connectivity index (χ0n) is 13.2. The van der Waals surface area contributed by atoms with Crippen LogP contribution < -0.4 is 5.32 Å². The number of nitrogens with zero attached hydrogens (tertiary/aromatic N) is 1. The van der Waals surface area contributed by atoms with Crippen molar-refractivity contribution >= 4 is 28.8 Å². The number of aromatic nitrogens is 2. The van der Waals surface area contributed by atoms with Gasteiger partial charge in [0.25, 0.3) is 0 Å². The summed E-state index contributed by atoms with van der Waals surface area (Å²) in [6.45, 7) is 2.04. The van der Waals surface area contributed by atoms with Crippen LogP contribution in [0.25, 0.3) is 10.6 Å². The van der Waals surface area contributed by atoms with Crippen LogP contribution in [0.5, 0.6) is 0 Å². The van der Waals surface area contributed by atoms with Gasteiger partial charge in [-0.3, -0.25) is 14.7 Å². The number of Topliss-reactive ketones (excluding diaryl/α,β-unsaturated/α-hetero) is 1. The molecule has 1 aromatic carbocycles.